The van der Waals surface area contributed by atoms with Gasteiger partial charge in [-0.15, -0.1) is 0 Å². The van der Waals surface area contributed by atoms with Gasteiger partial charge < -0.3 is 19.9 Å². The van der Waals surface area contributed by atoms with E-state index in [-0.39, 0.29) is 5.91 Å². The molecule has 0 saturated carbocycles. The SMILES string of the molecule is CCCn1cc(N)cc1C(=O)N1CCOCC1. The number of aromatic nitrogens is 1. The molecule has 17 heavy (non-hydrogen) atoms. The van der Waals surface area contributed by atoms with Crippen LogP contribution < -0.4 is 5.73 Å². The minimum absolute atomic E-state index is 0.0541. The Morgan fingerprint density at radius 3 is 2.82 bits per heavy atom. The highest BCUT2D eigenvalue weighted by atomic mass is 16.5. The summed E-state index contributed by atoms with van der Waals surface area (Å²) >= 11 is 0. The maximum Gasteiger partial charge on any atom is 0.270 e. The molecule has 0 spiro atoms. The van der Waals surface area contributed by atoms with Crippen LogP contribution in [0.15, 0.2) is 12.3 Å². The molecule has 1 aromatic heterocycles. The molecule has 1 aromatic rings. The normalized spacial score (nSPS) is 16.2. The highest BCUT2D eigenvalue weighted by Gasteiger charge is 2.21. The van der Waals surface area contributed by atoms with E-state index in [2.05, 4.69) is 6.92 Å². The summed E-state index contributed by atoms with van der Waals surface area (Å²) in [5.41, 5.74) is 7.10. The molecule has 2 heterocycles. The number of nitrogen functional groups attached to an aromatic ring is 1. The van der Waals surface area contributed by atoms with Crippen molar-refractivity contribution >= 4 is 11.6 Å². The Bertz CT molecular complexity index is 394. The van der Waals surface area contributed by atoms with Gasteiger partial charge in [0, 0.05) is 25.8 Å². The summed E-state index contributed by atoms with van der Waals surface area (Å²) in [5.74, 6) is 0.0541. The van der Waals surface area contributed by atoms with Gasteiger partial charge in [0.25, 0.3) is 5.91 Å². The third-order valence-corrected chi connectivity index (χ3v) is 2.90. The van der Waals surface area contributed by atoms with Crippen LogP contribution in [0.2, 0.25) is 0 Å². The summed E-state index contributed by atoms with van der Waals surface area (Å²) in [6.07, 6.45) is 2.81. The number of nitrogens with two attached hydrogens (primary N) is 1. The third kappa shape index (κ3) is 2.61. The molecule has 0 unspecified atom stereocenters. The number of aryl methyl sites for hydroxylation is 1. The monoisotopic (exact) mass is 237 g/mol. The lowest BCUT2D eigenvalue weighted by Crippen LogP contribution is -2.41. The quantitative estimate of drug-likeness (QED) is 0.851. The first-order chi connectivity index (χ1) is 8.22. The Kier molecular flexibility index (Phi) is 3.68. The van der Waals surface area contributed by atoms with E-state index in [4.69, 9.17) is 10.5 Å². The van der Waals surface area contributed by atoms with E-state index in [1.165, 1.54) is 0 Å². The fraction of sp³-hybridized carbons (Fsp3) is 0.583. The number of ether oxygens (including phenoxy) is 1. The molecule has 1 aliphatic rings. The lowest BCUT2D eigenvalue weighted by Gasteiger charge is -2.27. The van der Waals surface area contributed by atoms with Crippen LogP contribution in [-0.2, 0) is 11.3 Å². The van der Waals surface area contributed by atoms with E-state index in [0.29, 0.717) is 37.7 Å². The Labute approximate surface area is 101 Å². The van der Waals surface area contributed by atoms with Crippen LogP contribution in [0.1, 0.15) is 23.8 Å². The fourth-order valence-corrected chi connectivity index (χ4v) is 2.07. The van der Waals surface area contributed by atoms with Crippen molar-refractivity contribution in [1.82, 2.24) is 9.47 Å². The Morgan fingerprint density at radius 1 is 1.47 bits per heavy atom. The number of hydrogen-bond donors (Lipinski definition) is 1. The second-order valence-corrected chi connectivity index (χ2v) is 4.26. The molecule has 5 nitrogen and oxygen atoms in total. The van der Waals surface area contributed by atoms with Gasteiger partial charge >= 0.3 is 0 Å². The van der Waals surface area contributed by atoms with E-state index in [1.54, 1.807) is 6.07 Å². The molecule has 1 amide bonds. The summed E-state index contributed by atoms with van der Waals surface area (Å²) in [6.45, 7) is 5.47. The van der Waals surface area contributed by atoms with E-state index in [0.717, 1.165) is 13.0 Å². The smallest absolute Gasteiger partial charge is 0.270 e. The predicted molar refractivity (Wildman–Crippen MR) is 65.9 cm³/mol. The van der Waals surface area contributed by atoms with Gasteiger partial charge in [0.2, 0.25) is 0 Å². The van der Waals surface area contributed by atoms with Gasteiger partial charge in [-0.1, -0.05) is 6.92 Å². The molecule has 5 heteroatoms. The van der Waals surface area contributed by atoms with Crippen molar-refractivity contribution in [1.29, 1.82) is 0 Å². The Hall–Kier alpha value is -1.49. The van der Waals surface area contributed by atoms with Gasteiger partial charge in [-0.3, -0.25) is 4.79 Å². The molecule has 2 N–H and O–H groups in total. The van der Waals surface area contributed by atoms with Gasteiger partial charge in [-0.2, -0.15) is 0 Å². The molecule has 2 rings (SSSR count). The number of anilines is 1. The van der Waals surface area contributed by atoms with Crippen molar-refractivity contribution in [2.75, 3.05) is 32.0 Å². The van der Waals surface area contributed by atoms with E-state index >= 15 is 0 Å². The molecule has 0 radical (unpaired) electrons. The molecule has 1 aliphatic heterocycles. The highest BCUT2D eigenvalue weighted by molar-refractivity contribution is 5.93. The Morgan fingerprint density at radius 2 is 2.18 bits per heavy atom. The van der Waals surface area contributed by atoms with Gasteiger partial charge in [-0.05, 0) is 12.5 Å². The molecule has 0 aliphatic carbocycles. The zero-order valence-corrected chi connectivity index (χ0v) is 10.2. The van der Waals surface area contributed by atoms with Crippen LogP contribution >= 0.6 is 0 Å². The van der Waals surface area contributed by atoms with Crippen LogP contribution in [0, 0.1) is 0 Å². The lowest BCUT2D eigenvalue weighted by atomic mass is 10.3. The summed E-state index contributed by atoms with van der Waals surface area (Å²) in [7, 11) is 0. The maximum absolute atomic E-state index is 12.3. The minimum atomic E-state index is 0.0541. The van der Waals surface area contributed by atoms with Crippen molar-refractivity contribution in [2.24, 2.45) is 0 Å². The molecule has 0 bridgehead atoms. The molecule has 94 valence electrons. The van der Waals surface area contributed by atoms with Crippen molar-refractivity contribution in [3.05, 3.63) is 18.0 Å². The first-order valence-corrected chi connectivity index (χ1v) is 6.05. The Balaban J connectivity index is 2.16. The highest BCUT2D eigenvalue weighted by Crippen LogP contribution is 2.14. The van der Waals surface area contributed by atoms with Gasteiger partial charge in [-0.25, -0.2) is 0 Å². The van der Waals surface area contributed by atoms with Crippen molar-refractivity contribution < 1.29 is 9.53 Å². The van der Waals surface area contributed by atoms with Gasteiger partial charge in [0.1, 0.15) is 5.69 Å². The maximum atomic E-state index is 12.3. The standard InChI is InChI=1S/C12H19N3O2/c1-2-3-15-9-10(13)8-11(15)12(16)14-4-6-17-7-5-14/h8-9H,2-7,13H2,1H3. The summed E-state index contributed by atoms with van der Waals surface area (Å²) in [6, 6.07) is 1.76. The van der Waals surface area contributed by atoms with Crippen molar-refractivity contribution in [3.63, 3.8) is 0 Å². The summed E-state index contributed by atoms with van der Waals surface area (Å²) in [5, 5.41) is 0. The topological polar surface area (TPSA) is 60.5 Å². The number of amides is 1. The van der Waals surface area contributed by atoms with Crippen molar-refractivity contribution in [2.45, 2.75) is 19.9 Å². The van der Waals surface area contributed by atoms with Crippen LogP contribution in [0.5, 0.6) is 0 Å². The average molecular weight is 237 g/mol. The number of rotatable bonds is 3. The predicted octanol–water partition coefficient (Wildman–Crippen LogP) is 0.953. The van der Waals surface area contributed by atoms with E-state index < -0.39 is 0 Å². The first kappa shape index (κ1) is 12.0. The second-order valence-electron chi connectivity index (χ2n) is 4.26. The largest absolute Gasteiger partial charge is 0.397 e. The first-order valence-electron chi connectivity index (χ1n) is 6.05. The van der Waals surface area contributed by atoms with Crippen LogP contribution in [-0.4, -0.2) is 41.7 Å². The summed E-state index contributed by atoms with van der Waals surface area (Å²) < 4.78 is 7.18. The second kappa shape index (κ2) is 5.23. The van der Waals surface area contributed by atoms with Crippen molar-refractivity contribution in [3.8, 4) is 0 Å². The number of hydrogen-bond acceptors (Lipinski definition) is 3. The van der Waals surface area contributed by atoms with Gasteiger partial charge in [0.15, 0.2) is 0 Å². The molecule has 0 aromatic carbocycles. The number of carbonyl (C=O) groups is 1. The molecular formula is C12H19N3O2. The molecular weight excluding hydrogens is 218 g/mol. The van der Waals surface area contributed by atoms with Gasteiger partial charge in [0.05, 0.1) is 18.9 Å². The number of nitrogens with zero attached hydrogens (tertiary/aromatic N) is 2. The lowest BCUT2D eigenvalue weighted by molar-refractivity contribution is 0.0296. The zero-order valence-electron chi connectivity index (χ0n) is 10.2. The van der Waals surface area contributed by atoms with Crippen LogP contribution in [0.3, 0.4) is 0 Å². The summed E-state index contributed by atoms with van der Waals surface area (Å²) in [4.78, 5) is 14.1. The zero-order chi connectivity index (χ0) is 12.3. The van der Waals surface area contributed by atoms with Crippen LogP contribution in [0.4, 0.5) is 5.69 Å². The average Bonchev–Trinajstić information content (AvgIpc) is 2.71. The number of carbonyl (C=O) groups excluding carboxylic acids is 1. The molecule has 0 atom stereocenters. The minimum Gasteiger partial charge on any atom is -0.397 e. The van der Waals surface area contributed by atoms with E-state index in [9.17, 15) is 4.79 Å². The molecule has 1 fully saturated rings. The molecule has 1 saturated heterocycles. The van der Waals surface area contributed by atoms with Crippen LogP contribution in [0.25, 0.3) is 0 Å². The van der Waals surface area contributed by atoms with E-state index in [1.807, 2.05) is 15.7 Å². The fourth-order valence-electron chi connectivity index (χ4n) is 2.07. The number of morpholine rings is 1. The third-order valence-electron chi connectivity index (χ3n) is 2.90.